The molecule has 0 aliphatic carbocycles. The van der Waals surface area contributed by atoms with E-state index in [9.17, 15) is 0 Å². The van der Waals surface area contributed by atoms with Gasteiger partial charge in [0.05, 0.1) is 0 Å². The van der Waals surface area contributed by atoms with Crippen molar-refractivity contribution in [2.45, 2.75) is 12.0 Å². The smallest absolute Gasteiger partial charge is 0.141 e. The lowest BCUT2D eigenvalue weighted by molar-refractivity contribution is 0.450. The highest BCUT2D eigenvalue weighted by molar-refractivity contribution is 5.71. The summed E-state index contributed by atoms with van der Waals surface area (Å²) < 4.78 is 2.31. The summed E-state index contributed by atoms with van der Waals surface area (Å²) in [5, 5.41) is 0. The van der Waals surface area contributed by atoms with Gasteiger partial charge in [0.1, 0.15) is 11.4 Å². The second-order valence-electron chi connectivity index (χ2n) is 6.81. The minimum atomic E-state index is -0.348. The van der Waals surface area contributed by atoms with E-state index >= 15 is 0 Å². The van der Waals surface area contributed by atoms with E-state index < -0.39 is 0 Å². The van der Waals surface area contributed by atoms with Gasteiger partial charge in [-0.3, -0.25) is 0 Å². The van der Waals surface area contributed by atoms with Crippen LogP contribution in [0.1, 0.15) is 16.7 Å². The fourth-order valence-corrected chi connectivity index (χ4v) is 4.24. The molecule has 126 valence electrons. The molecular weight excluding hydrogens is 318 g/mol. The number of benzene rings is 3. The lowest BCUT2D eigenvalue weighted by Gasteiger charge is -2.34. The SMILES string of the molecule is Nc1cccc(C2(Cc3ccccc3)c3ccccc3-c3nccn32)c1. The Morgan fingerprint density at radius 2 is 1.69 bits per heavy atom. The van der Waals surface area contributed by atoms with Gasteiger partial charge in [-0.25, -0.2) is 4.98 Å². The van der Waals surface area contributed by atoms with Crippen LogP contribution in [0.15, 0.2) is 91.3 Å². The lowest BCUT2D eigenvalue weighted by Crippen LogP contribution is -2.35. The van der Waals surface area contributed by atoms with Crippen LogP contribution in [0.2, 0.25) is 0 Å². The number of nitrogens with two attached hydrogens (primary N) is 1. The van der Waals surface area contributed by atoms with Crippen molar-refractivity contribution in [1.29, 1.82) is 0 Å². The van der Waals surface area contributed by atoms with Crippen LogP contribution in [0.25, 0.3) is 11.4 Å². The number of hydrogen-bond donors (Lipinski definition) is 1. The summed E-state index contributed by atoms with van der Waals surface area (Å²) in [5.41, 5.74) is 11.5. The number of aromatic nitrogens is 2. The lowest BCUT2D eigenvalue weighted by atomic mass is 9.78. The van der Waals surface area contributed by atoms with Gasteiger partial charge in [0.15, 0.2) is 0 Å². The van der Waals surface area contributed by atoms with Crippen LogP contribution in [0.4, 0.5) is 5.69 Å². The van der Waals surface area contributed by atoms with Crippen LogP contribution in [-0.4, -0.2) is 9.55 Å². The molecule has 0 saturated heterocycles. The maximum absolute atomic E-state index is 6.17. The number of nitrogens with zero attached hydrogens (tertiary/aromatic N) is 2. The highest BCUT2D eigenvalue weighted by Crippen LogP contribution is 2.48. The molecule has 4 aromatic rings. The Kier molecular flexibility index (Phi) is 3.22. The molecule has 1 atom stereocenters. The normalized spacial score (nSPS) is 17.7. The van der Waals surface area contributed by atoms with E-state index in [0.29, 0.717) is 0 Å². The molecule has 26 heavy (non-hydrogen) atoms. The zero-order valence-corrected chi connectivity index (χ0v) is 14.3. The summed E-state index contributed by atoms with van der Waals surface area (Å²) in [5.74, 6) is 1.01. The number of rotatable bonds is 3. The first-order valence-corrected chi connectivity index (χ1v) is 8.83. The fourth-order valence-electron chi connectivity index (χ4n) is 4.24. The van der Waals surface area contributed by atoms with Crippen molar-refractivity contribution in [3.05, 3.63) is 108 Å². The molecule has 3 aromatic carbocycles. The van der Waals surface area contributed by atoms with Gasteiger partial charge in [0.2, 0.25) is 0 Å². The van der Waals surface area contributed by atoms with Gasteiger partial charge in [0.25, 0.3) is 0 Å². The van der Waals surface area contributed by atoms with Crippen LogP contribution in [0, 0.1) is 0 Å². The number of nitrogen functional groups attached to an aromatic ring is 1. The maximum Gasteiger partial charge on any atom is 0.141 e. The van der Waals surface area contributed by atoms with Crippen molar-refractivity contribution >= 4 is 5.69 Å². The summed E-state index contributed by atoms with van der Waals surface area (Å²) >= 11 is 0. The highest BCUT2D eigenvalue weighted by atomic mass is 15.2. The van der Waals surface area contributed by atoms with Gasteiger partial charge in [-0.15, -0.1) is 0 Å². The first-order chi connectivity index (χ1) is 12.8. The molecule has 0 bridgehead atoms. The monoisotopic (exact) mass is 337 g/mol. The second-order valence-corrected chi connectivity index (χ2v) is 6.81. The van der Waals surface area contributed by atoms with Crippen molar-refractivity contribution in [2.24, 2.45) is 0 Å². The number of hydrogen-bond acceptors (Lipinski definition) is 2. The highest BCUT2D eigenvalue weighted by Gasteiger charge is 2.44. The Labute approximate surface area is 152 Å². The average Bonchev–Trinajstić information content (AvgIpc) is 3.25. The summed E-state index contributed by atoms with van der Waals surface area (Å²) in [6, 6.07) is 27.4. The van der Waals surface area contributed by atoms with Crippen molar-refractivity contribution in [2.75, 3.05) is 5.73 Å². The van der Waals surface area contributed by atoms with Crippen molar-refractivity contribution in [3.63, 3.8) is 0 Å². The molecule has 0 fully saturated rings. The molecule has 5 rings (SSSR count). The molecular formula is C23H19N3. The zero-order chi connectivity index (χ0) is 17.6. The van der Waals surface area contributed by atoms with Gasteiger partial charge in [-0.05, 0) is 28.8 Å². The quantitative estimate of drug-likeness (QED) is 0.560. The van der Waals surface area contributed by atoms with E-state index in [1.807, 2.05) is 18.3 Å². The van der Waals surface area contributed by atoms with Crippen molar-refractivity contribution < 1.29 is 0 Å². The second kappa shape index (κ2) is 5.60. The molecule has 0 radical (unpaired) electrons. The summed E-state index contributed by atoms with van der Waals surface area (Å²) in [6.45, 7) is 0. The van der Waals surface area contributed by atoms with E-state index in [1.165, 1.54) is 22.3 Å². The van der Waals surface area contributed by atoms with E-state index in [0.717, 1.165) is 17.9 Å². The summed E-state index contributed by atoms with van der Waals surface area (Å²) in [7, 11) is 0. The molecule has 0 amide bonds. The number of anilines is 1. The standard InChI is InChI=1S/C23H19N3/c24-19-10-6-9-18(15-19)23(16-17-7-2-1-3-8-17)21-12-5-4-11-20(21)22-25-13-14-26(22)23/h1-15H,16,24H2. The van der Waals surface area contributed by atoms with Crippen LogP contribution in [-0.2, 0) is 12.0 Å². The largest absolute Gasteiger partial charge is 0.399 e. The average molecular weight is 337 g/mol. The van der Waals surface area contributed by atoms with E-state index in [1.54, 1.807) is 0 Å². The molecule has 3 nitrogen and oxygen atoms in total. The maximum atomic E-state index is 6.17. The Balaban J connectivity index is 1.84. The summed E-state index contributed by atoms with van der Waals surface area (Å²) in [4.78, 5) is 4.65. The van der Waals surface area contributed by atoms with E-state index in [2.05, 4.69) is 82.5 Å². The molecule has 0 saturated carbocycles. The predicted octanol–water partition coefficient (Wildman–Crippen LogP) is 4.48. The summed E-state index contributed by atoms with van der Waals surface area (Å²) in [6.07, 6.45) is 4.82. The Morgan fingerprint density at radius 1 is 0.885 bits per heavy atom. The first kappa shape index (κ1) is 15.0. The van der Waals surface area contributed by atoms with Gasteiger partial charge >= 0.3 is 0 Å². The zero-order valence-electron chi connectivity index (χ0n) is 14.3. The van der Waals surface area contributed by atoms with Crippen LogP contribution in [0.5, 0.6) is 0 Å². The van der Waals surface area contributed by atoms with Crippen molar-refractivity contribution in [1.82, 2.24) is 9.55 Å². The first-order valence-electron chi connectivity index (χ1n) is 8.83. The fraction of sp³-hybridized carbons (Fsp3) is 0.0870. The Morgan fingerprint density at radius 3 is 2.54 bits per heavy atom. The third-order valence-corrected chi connectivity index (χ3v) is 5.33. The van der Waals surface area contributed by atoms with Crippen LogP contribution in [0.3, 0.4) is 0 Å². The van der Waals surface area contributed by atoms with E-state index in [-0.39, 0.29) is 5.54 Å². The molecule has 1 unspecified atom stereocenters. The van der Waals surface area contributed by atoms with Gasteiger partial charge in [-0.1, -0.05) is 66.7 Å². The van der Waals surface area contributed by atoms with Crippen LogP contribution >= 0.6 is 0 Å². The molecule has 2 N–H and O–H groups in total. The molecule has 3 heteroatoms. The third-order valence-electron chi connectivity index (χ3n) is 5.33. The molecule has 1 aromatic heterocycles. The number of imidazole rings is 1. The molecule has 1 aliphatic heterocycles. The topological polar surface area (TPSA) is 43.8 Å². The Hall–Kier alpha value is -3.33. The van der Waals surface area contributed by atoms with Gasteiger partial charge in [-0.2, -0.15) is 0 Å². The van der Waals surface area contributed by atoms with Gasteiger partial charge < -0.3 is 10.3 Å². The predicted molar refractivity (Wildman–Crippen MR) is 105 cm³/mol. The molecule has 0 spiro atoms. The minimum Gasteiger partial charge on any atom is -0.399 e. The minimum absolute atomic E-state index is 0.348. The Bertz CT molecular complexity index is 1080. The molecule has 2 heterocycles. The number of fused-ring (bicyclic) bond motifs is 3. The third kappa shape index (κ3) is 2.04. The van der Waals surface area contributed by atoms with Gasteiger partial charge in [0, 0.05) is 30.1 Å². The molecule has 1 aliphatic rings. The van der Waals surface area contributed by atoms with E-state index in [4.69, 9.17) is 5.73 Å². The van der Waals surface area contributed by atoms with Crippen molar-refractivity contribution in [3.8, 4) is 11.4 Å². The van der Waals surface area contributed by atoms with Crippen LogP contribution < -0.4 is 5.73 Å².